The van der Waals surface area contributed by atoms with Crippen LogP contribution in [0.2, 0.25) is 0 Å². The smallest absolute Gasteiger partial charge is 0.252 e. The normalized spacial score (nSPS) is 16.8. The third-order valence-electron chi connectivity index (χ3n) is 5.34. The van der Waals surface area contributed by atoms with E-state index < -0.39 is 0 Å². The Morgan fingerprint density at radius 3 is 2.83 bits per heavy atom. The van der Waals surface area contributed by atoms with Gasteiger partial charge in [-0.05, 0) is 44.1 Å². The van der Waals surface area contributed by atoms with Crippen LogP contribution in [-0.4, -0.2) is 59.4 Å². The van der Waals surface area contributed by atoms with Gasteiger partial charge in [0.1, 0.15) is 0 Å². The molecule has 8 heteroatoms. The van der Waals surface area contributed by atoms with Gasteiger partial charge in [-0.3, -0.25) is 14.6 Å². The Labute approximate surface area is 170 Å². The quantitative estimate of drug-likeness (QED) is 0.774. The minimum absolute atomic E-state index is 0.0763. The van der Waals surface area contributed by atoms with E-state index in [9.17, 15) is 9.59 Å². The van der Waals surface area contributed by atoms with Crippen molar-refractivity contribution in [2.45, 2.75) is 25.8 Å². The lowest BCUT2D eigenvalue weighted by molar-refractivity contribution is -0.117. The van der Waals surface area contributed by atoms with E-state index in [0.717, 1.165) is 25.3 Å². The third kappa shape index (κ3) is 4.71. The molecule has 2 aromatic rings. The molecule has 4 rings (SSSR count). The Balaban J connectivity index is 1.44. The molecule has 0 saturated carbocycles. The van der Waals surface area contributed by atoms with Gasteiger partial charge in [-0.2, -0.15) is 0 Å². The van der Waals surface area contributed by atoms with Gasteiger partial charge in [0.2, 0.25) is 5.91 Å². The molecule has 2 aliphatic rings. The van der Waals surface area contributed by atoms with E-state index in [1.54, 1.807) is 23.4 Å². The molecular formula is C21H26N6O2. The lowest BCUT2D eigenvalue weighted by Gasteiger charge is -2.29. The summed E-state index contributed by atoms with van der Waals surface area (Å²) in [5.41, 5.74) is 1.84. The van der Waals surface area contributed by atoms with Crippen LogP contribution in [0.3, 0.4) is 0 Å². The van der Waals surface area contributed by atoms with E-state index in [1.807, 2.05) is 18.2 Å². The van der Waals surface area contributed by atoms with Crippen molar-refractivity contribution in [1.82, 2.24) is 20.2 Å². The first-order valence-electron chi connectivity index (χ1n) is 10.2. The first kappa shape index (κ1) is 19.3. The molecule has 0 aliphatic carbocycles. The molecule has 0 aromatic carbocycles. The first-order chi connectivity index (χ1) is 14.2. The number of amides is 2. The van der Waals surface area contributed by atoms with E-state index in [4.69, 9.17) is 0 Å². The molecule has 0 bridgehead atoms. The van der Waals surface area contributed by atoms with Gasteiger partial charge >= 0.3 is 0 Å². The van der Waals surface area contributed by atoms with Gasteiger partial charge in [-0.25, -0.2) is 4.98 Å². The monoisotopic (exact) mass is 394 g/mol. The molecule has 1 fully saturated rings. The van der Waals surface area contributed by atoms with Crippen molar-refractivity contribution in [1.29, 1.82) is 0 Å². The highest BCUT2D eigenvalue weighted by atomic mass is 16.2. The van der Waals surface area contributed by atoms with Gasteiger partial charge in [0.15, 0.2) is 5.82 Å². The Hall–Kier alpha value is -3.00. The molecule has 0 spiro atoms. The molecule has 2 aliphatic heterocycles. The number of hydrogen-bond donors (Lipinski definition) is 2. The molecule has 29 heavy (non-hydrogen) atoms. The molecule has 2 N–H and O–H groups in total. The Morgan fingerprint density at radius 2 is 2.03 bits per heavy atom. The number of hydrogen-bond acceptors (Lipinski definition) is 6. The summed E-state index contributed by atoms with van der Waals surface area (Å²) in [6.07, 6.45) is 7.02. The van der Waals surface area contributed by atoms with Crippen LogP contribution in [0.5, 0.6) is 0 Å². The lowest BCUT2D eigenvalue weighted by Crippen LogP contribution is -2.40. The fourth-order valence-corrected chi connectivity index (χ4v) is 3.75. The van der Waals surface area contributed by atoms with E-state index in [0.29, 0.717) is 30.2 Å². The lowest BCUT2D eigenvalue weighted by atomic mass is 10.1. The van der Waals surface area contributed by atoms with Crippen molar-refractivity contribution < 1.29 is 9.59 Å². The van der Waals surface area contributed by atoms with Crippen molar-refractivity contribution in [2.75, 3.05) is 42.9 Å². The summed E-state index contributed by atoms with van der Waals surface area (Å²) in [5.74, 6) is 0.353. The molecule has 8 nitrogen and oxygen atoms in total. The summed E-state index contributed by atoms with van der Waals surface area (Å²) in [5, 5.41) is 5.99. The minimum Gasteiger partial charge on any atom is -0.359 e. The van der Waals surface area contributed by atoms with E-state index in [-0.39, 0.29) is 18.4 Å². The van der Waals surface area contributed by atoms with Gasteiger partial charge in [0.05, 0.1) is 30.0 Å². The molecule has 4 heterocycles. The maximum atomic E-state index is 12.6. The number of nitrogens with one attached hydrogen (secondary N) is 2. The van der Waals surface area contributed by atoms with E-state index in [1.165, 1.54) is 19.3 Å². The number of nitrogens with zero attached hydrogens (tertiary/aromatic N) is 4. The molecule has 1 saturated heterocycles. The van der Waals surface area contributed by atoms with Gasteiger partial charge < -0.3 is 20.4 Å². The van der Waals surface area contributed by atoms with Crippen LogP contribution in [0, 0.1) is 0 Å². The molecule has 152 valence electrons. The maximum Gasteiger partial charge on any atom is 0.252 e. The highest BCUT2D eigenvalue weighted by Gasteiger charge is 2.26. The number of piperidine rings is 1. The molecule has 2 amide bonds. The molecule has 0 unspecified atom stereocenters. The largest absolute Gasteiger partial charge is 0.359 e. The van der Waals surface area contributed by atoms with Crippen molar-refractivity contribution in [3.63, 3.8) is 0 Å². The van der Waals surface area contributed by atoms with Crippen LogP contribution in [-0.2, 0) is 11.3 Å². The van der Waals surface area contributed by atoms with Crippen molar-refractivity contribution >= 4 is 23.3 Å². The summed E-state index contributed by atoms with van der Waals surface area (Å²) in [6.45, 7) is 4.18. The standard InChI is InChI=1S/C21H26N6O2/c28-19-14-25-20-18(27(19)15-17-6-2-3-7-22-17)12-16(13-24-20)21(29)23-8-11-26-9-4-1-5-10-26/h2-3,6-7,12-13H,1,4-5,8-11,14-15H2,(H,23,29)(H,24,25). The van der Waals surface area contributed by atoms with Crippen LogP contribution >= 0.6 is 0 Å². The number of likely N-dealkylation sites (tertiary alicyclic amines) is 1. The zero-order valence-corrected chi connectivity index (χ0v) is 16.4. The van der Waals surface area contributed by atoms with Crippen LogP contribution in [0.15, 0.2) is 36.7 Å². The number of anilines is 2. The zero-order chi connectivity index (χ0) is 20.1. The van der Waals surface area contributed by atoms with E-state index >= 15 is 0 Å². The van der Waals surface area contributed by atoms with Gasteiger partial charge in [0.25, 0.3) is 5.91 Å². The SMILES string of the molecule is O=C(NCCN1CCCCC1)c1cnc2c(c1)N(Cc1ccccn1)C(=O)CN2. The number of rotatable bonds is 6. The topological polar surface area (TPSA) is 90.5 Å². The summed E-state index contributed by atoms with van der Waals surface area (Å²) in [7, 11) is 0. The van der Waals surface area contributed by atoms with Crippen molar-refractivity contribution in [3.8, 4) is 0 Å². The van der Waals surface area contributed by atoms with E-state index in [2.05, 4.69) is 25.5 Å². The Bertz CT molecular complexity index is 867. The van der Waals surface area contributed by atoms with Crippen LogP contribution < -0.4 is 15.5 Å². The zero-order valence-electron chi connectivity index (χ0n) is 16.4. The highest BCUT2D eigenvalue weighted by molar-refractivity contribution is 6.04. The predicted molar refractivity (Wildman–Crippen MR) is 111 cm³/mol. The number of carbonyl (C=O) groups is 2. The van der Waals surface area contributed by atoms with Crippen LogP contribution in [0.4, 0.5) is 11.5 Å². The fraction of sp³-hybridized carbons (Fsp3) is 0.429. The van der Waals surface area contributed by atoms with Gasteiger partial charge in [0, 0.05) is 25.5 Å². The van der Waals surface area contributed by atoms with Crippen molar-refractivity contribution in [3.05, 3.63) is 47.9 Å². The number of fused-ring (bicyclic) bond motifs is 1. The summed E-state index contributed by atoms with van der Waals surface area (Å²) >= 11 is 0. The second kappa shape index (κ2) is 9.00. The number of aromatic nitrogens is 2. The first-order valence-corrected chi connectivity index (χ1v) is 10.2. The molecule has 0 atom stereocenters. The maximum absolute atomic E-state index is 12.6. The summed E-state index contributed by atoms with van der Waals surface area (Å²) in [6, 6.07) is 7.33. The second-order valence-electron chi connectivity index (χ2n) is 7.40. The third-order valence-corrected chi connectivity index (χ3v) is 5.34. The Kier molecular flexibility index (Phi) is 6.00. The van der Waals surface area contributed by atoms with Gasteiger partial charge in [-0.1, -0.05) is 12.5 Å². The fourth-order valence-electron chi connectivity index (χ4n) is 3.75. The average molecular weight is 394 g/mol. The summed E-state index contributed by atoms with van der Waals surface area (Å²) in [4.78, 5) is 37.8. The average Bonchev–Trinajstić information content (AvgIpc) is 2.77. The predicted octanol–water partition coefficient (Wildman–Crippen LogP) is 1.65. The van der Waals surface area contributed by atoms with Crippen LogP contribution in [0.1, 0.15) is 35.3 Å². The van der Waals surface area contributed by atoms with Crippen molar-refractivity contribution in [2.24, 2.45) is 0 Å². The van der Waals surface area contributed by atoms with Crippen LogP contribution in [0.25, 0.3) is 0 Å². The molecular weight excluding hydrogens is 368 g/mol. The highest BCUT2D eigenvalue weighted by Crippen LogP contribution is 2.29. The molecule has 2 aromatic heterocycles. The summed E-state index contributed by atoms with van der Waals surface area (Å²) < 4.78 is 0. The second-order valence-corrected chi connectivity index (χ2v) is 7.40. The molecule has 0 radical (unpaired) electrons. The number of carbonyl (C=O) groups excluding carboxylic acids is 2. The Morgan fingerprint density at radius 1 is 1.17 bits per heavy atom. The minimum atomic E-state index is -0.173. The van der Waals surface area contributed by atoms with Gasteiger partial charge in [-0.15, -0.1) is 0 Å². The number of pyridine rings is 2.